The summed E-state index contributed by atoms with van der Waals surface area (Å²) in [5.74, 6) is 4.09. The van der Waals surface area contributed by atoms with Gasteiger partial charge in [0.1, 0.15) is 5.82 Å². The molecule has 0 aliphatic carbocycles. The molecule has 1 aromatic heterocycles. The van der Waals surface area contributed by atoms with E-state index >= 15 is 0 Å². The normalized spacial score (nSPS) is 21.5. The van der Waals surface area contributed by atoms with Gasteiger partial charge in [-0.1, -0.05) is 0 Å². The molecule has 3 N–H and O–H groups in total. The van der Waals surface area contributed by atoms with Crippen molar-refractivity contribution in [3.8, 4) is 0 Å². The standard InChI is InChI=1S/C9H13N3OS2/c10-4-6-3-8(13)12-9(11-6)7-5-14-1-2-15-7/h3,7H,1-2,4-5,10H2,(H,11,12,13). The largest absolute Gasteiger partial charge is 0.325 e. The lowest BCUT2D eigenvalue weighted by Crippen LogP contribution is -2.19. The zero-order valence-electron chi connectivity index (χ0n) is 8.23. The Bertz CT molecular complexity index is 387. The number of nitrogens with zero attached hydrogens (tertiary/aromatic N) is 1. The minimum Gasteiger partial charge on any atom is -0.325 e. The summed E-state index contributed by atoms with van der Waals surface area (Å²) < 4.78 is 0. The number of hydrogen-bond donors (Lipinski definition) is 2. The number of thioether (sulfide) groups is 2. The number of nitrogens with one attached hydrogen (secondary N) is 1. The third-order valence-corrected chi connectivity index (χ3v) is 4.91. The molecular weight excluding hydrogens is 230 g/mol. The predicted molar refractivity (Wildman–Crippen MR) is 65.3 cm³/mol. The van der Waals surface area contributed by atoms with E-state index in [9.17, 15) is 4.79 Å². The summed E-state index contributed by atoms with van der Waals surface area (Å²) in [6.07, 6.45) is 0. The molecule has 1 saturated heterocycles. The Balaban J connectivity index is 2.26. The van der Waals surface area contributed by atoms with Crippen molar-refractivity contribution in [2.24, 2.45) is 5.73 Å². The molecule has 0 spiro atoms. The van der Waals surface area contributed by atoms with Crippen LogP contribution in [0.2, 0.25) is 0 Å². The van der Waals surface area contributed by atoms with E-state index in [1.807, 2.05) is 23.5 Å². The van der Waals surface area contributed by atoms with Gasteiger partial charge in [0.15, 0.2) is 0 Å². The van der Waals surface area contributed by atoms with E-state index in [0.29, 0.717) is 17.5 Å². The Kier molecular flexibility index (Phi) is 3.71. The van der Waals surface area contributed by atoms with E-state index < -0.39 is 0 Å². The fourth-order valence-corrected chi connectivity index (χ4v) is 4.05. The molecule has 2 heterocycles. The lowest BCUT2D eigenvalue weighted by atomic mass is 10.3. The molecule has 6 heteroatoms. The number of aromatic amines is 1. The third kappa shape index (κ3) is 2.76. The highest BCUT2D eigenvalue weighted by atomic mass is 32.2. The second kappa shape index (κ2) is 5.05. The van der Waals surface area contributed by atoms with E-state index in [0.717, 1.165) is 17.3 Å². The van der Waals surface area contributed by atoms with Gasteiger partial charge < -0.3 is 10.7 Å². The molecule has 1 atom stereocenters. The van der Waals surface area contributed by atoms with Crippen LogP contribution in [0.5, 0.6) is 0 Å². The molecule has 1 aromatic rings. The average Bonchev–Trinajstić information content (AvgIpc) is 2.29. The Morgan fingerprint density at radius 1 is 1.60 bits per heavy atom. The van der Waals surface area contributed by atoms with Crippen LogP contribution in [-0.4, -0.2) is 27.2 Å². The van der Waals surface area contributed by atoms with Crippen molar-refractivity contribution in [3.63, 3.8) is 0 Å². The van der Waals surface area contributed by atoms with Gasteiger partial charge in [0.2, 0.25) is 0 Å². The minimum absolute atomic E-state index is 0.100. The molecule has 0 saturated carbocycles. The topological polar surface area (TPSA) is 71.8 Å². The first kappa shape index (κ1) is 11.0. The molecule has 1 fully saturated rings. The summed E-state index contributed by atoms with van der Waals surface area (Å²) in [5.41, 5.74) is 6.06. The summed E-state index contributed by atoms with van der Waals surface area (Å²) in [5, 5.41) is 0.308. The molecular formula is C9H13N3OS2. The first-order valence-electron chi connectivity index (χ1n) is 4.79. The maximum absolute atomic E-state index is 11.3. The summed E-state index contributed by atoms with van der Waals surface area (Å²) in [7, 11) is 0. The van der Waals surface area contributed by atoms with Crippen LogP contribution in [-0.2, 0) is 6.54 Å². The average molecular weight is 243 g/mol. The van der Waals surface area contributed by atoms with Gasteiger partial charge in [0, 0.05) is 29.9 Å². The molecule has 2 rings (SSSR count). The maximum Gasteiger partial charge on any atom is 0.251 e. The predicted octanol–water partition coefficient (Wildman–Crippen LogP) is 0.750. The monoisotopic (exact) mass is 243 g/mol. The summed E-state index contributed by atoms with van der Waals surface area (Å²) in [6, 6.07) is 1.46. The lowest BCUT2D eigenvalue weighted by molar-refractivity contribution is 0.852. The fraction of sp³-hybridized carbons (Fsp3) is 0.556. The van der Waals surface area contributed by atoms with Crippen molar-refractivity contribution in [2.45, 2.75) is 11.8 Å². The molecule has 0 aromatic carbocycles. The molecule has 82 valence electrons. The zero-order chi connectivity index (χ0) is 10.7. The Hall–Kier alpha value is -0.460. The van der Waals surface area contributed by atoms with Crippen molar-refractivity contribution in [1.29, 1.82) is 0 Å². The second-order valence-corrected chi connectivity index (χ2v) is 5.72. The lowest BCUT2D eigenvalue weighted by Gasteiger charge is -2.20. The Morgan fingerprint density at radius 2 is 2.47 bits per heavy atom. The highest BCUT2D eigenvalue weighted by molar-refractivity contribution is 8.06. The first-order chi connectivity index (χ1) is 7.29. The van der Waals surface area contributed by atoms with Crippen LogP contribution in [0.25, 0.3) is 0 Å². The Labute approximate surface area is 96.4 Å². The molecule has 0 radical (unpaired) electrons. The minimum atomic E-state index is -0.100. The van der Waals surface area contributed by atoms with E-state index in [4.69, 9.17) is 5.73 Å². The van der Waals surface area contributed by atoms with E-state index in [-0.39, 0.29) is 5.56 Å². The van der Waals surface area contributed by atoms with Gasteiger partial charge in [-0.3, -0.25) is 4.79 Å². The van der Waals surface area contributed by atoms with E-state index in [1.165, 1.54) is 11.8 Å². The van der Waals surface area contributed by atoms with Gasteiger partial charge in [-0.15, -0.1) is 11.8 Å². The van der Waals surface area contributed by atoms with Gasteiger partial charge in [0.25, 0.3) is 5.56 Å². The Morgan fingerprint density at radius 3 is 3.13 bits per heavy atom. The van der Waals surface area contributed by atoms with Crippen LogP contribution in [0.15, 0.2) is 10.9 Å². The van der Waals surface area contributed by atoms with Gasteiger partial charge in [0.05, 0.1) is 10.9 Å². The summed E-state index contributed by atoms with van der Waals surface area (Å²) in [4.78, 5) is 18.5. The van der Waals surface area contributed by atoms with Gasteiger partial charge in [-0.05, 0) is 0 Å². The number of aromatic nitrogens is 2. The first-order valence-corrected chi connectivity index (χ1v) is 6.99. The van der Waals surface area contributed by atoms with Gasteiger partial charge in [-0.2, -0.15) is 11.8 Å². The van der Waals surface area contributed by atoms with Crippen molar-refractivity contribution >= 4 is 23.5 Å². The van der Waals surface area contributed by atoms with Crippen LogP contribution >= 0.6 is 23.5 Å². The van der Waals surface area contributed by atoms with Crippen LogP contribution in [0.4, 0.5) is 0 Å². The van der Waals surface area contributed by atoms with Crippen LogP contribution in [0.1, 0.15) is 16.8 Å². The van der Waals surface area contributed by atoms with Crippen LogP contribution in [0, 0.1) is 0 Å². The van der Waals surface area contributed by atoms with E-state index in [2.05, 4.69) is 9.97 Å². The smallest absolute Gasteiger partial charge is 0.251 e. The van der Waals surface area contributed by atoms with Crippen molar-refractivity contribution in [1.82, 2.24) is 9.97 Å². The summed E-state index contributed by atoms with van der Waals surface area (Å²) in [6.45, 7) is 0.321. The van der Waals surface area contributed by atoms with Crippen LogP contribution in [0.3, 0.4) is 0 Å². The maximum atomic E-state index is 11.3. The number of nitrogens with two attached hydrogens (primary N) is 1. The molecule has 1 aliphatic rings. The quantitative estimate of drug-likeness (QED) is 0.802. The number of rotatable bonds is 2. The van der Waals surface area contributed by atoms with Gasteiger partial charge in [-0.25, -0.2) is 4.98 Å². The highest BCUT2D eigenvalue weighted by Crippen LogP contribution is 2.34. The number of hydrogen-bond acceptors (Lipinski definition) is 5. The molecule has 1 unspecified atom stereocenters. The van der Waals surface area contributed by atoms with Gasteiger partial charge >= 0.3 is 0 Å². The van der Waals surface area contributed by atoms with Crippen LogP contribution < -0.4 is 11.3 Å². The molecule has 4 nitrogen and oxygen atoms in total. The fourth-order valence-electron chi connectivity index (χ4n) is 1.43. The summed E-state index contributed by atoms with van der Waals surface area (Å²) >= 11 is 3.75. The van der Waals surface area contributed by atoms with Crippen molar-refractivity contribution in [3.05, 3.63) is 27.9 Å². The van der Waals surface area contributed by atoms with E-state index in [1.54, 1.807) is 0 Å². The SMILES string of the molecule is NCc1cc(=O)[nH]c(C2CSCCS2)n1. The zero-order valence-corrected chi connectivity index (χ0v) is 9.87. The van der Waals surface area contributed by atoms with Crippen molar-refractivity contribution < 1.29 is 0 Å². The molecule has 1 aliphatic heterocycles. The molecule has 0 amide bonds. The molecule has 15 heavy (non-hydrogen) atoms. The number of H-pyrrole nitrogens is 1. The third-order valence-electron chi connectivity index (χ3n) is 2.14. The highest BCUT2D eigenvalue weighted by Gasteiger charge is 2.18. The molecule has 0 bridgehead atoms. The van der Waals surface area contributed by atoms with Crippen molar-refractivity contribution in [2.75, 3.05) is 17.3 Å². The second-order valence-electron chi connectivity index (χ2n) is 3.26.